The van der Waals surface area contributed by atoms with Gasteiger partial charge in [0.1, 0.15) is 12.4 Å². The zero-order valence-electron chi connectivity index (χ0n) is 15.0. The van der Waals surface area contributed by atoms with Crippen molar-refractivity contribution in [1.29, 1.82) is 0 Å². The van der Waals surface area contributed by atoms with Gasteiger partial charge in [0.15, 0.2) is 0 Å². The lowest BCUT2D eigenvalue weighted by Crippen LogP contribution is -2.20. The van der Waals surface area contributed by atoms with Gasteiger partial charge in [0.25, 0.3) is 5.69 Å². The Hall–Kier alpha value is -3.48. The van der Waals surface area contributed by atoms with E-state index in [0.717, 1.165) is 16.8 Å². The van der Waals surface area contributed by atoms with Gasteiger partial charge in [0.05, 0.1) is 4.92 Å². The Bertz CT molecular complexity index is 1020. The number of hydrogen-bond acceptors (Lipinski definition) is 5. The molecule has 0 unspecified atom stereocenters. The van der Waals surface area contributed by atoms with Crippen molar-refractivity contribution in [2.75, 3.05) is 5.32 Å². The van der Waals surface area contributed by atoms with Gasteiger partial charge in [-0.2, -0.15) is 10.1 Å². The first-order valence-electron chi connectivity index (χ1n) is 8.76. The van der Waals surface area contributed by atoms with Gasteiger partial charge in [-0.1, -0.05) is 50.2 Å². The summed E-state index contributed by atoms with van der Waals surface area (Å²) in [5.74, 6) is 1.07. The van der Waals surface area contributed by atoms with Crippen molar-refractivity contribution in [1.82, 2.24) is 14.8 Å². The molecule has 1 aromatic heterocycles. The SMILES string of the molecule is CC(C)c1ccc(C2=C[C@H](c3cccc([N+](=O)[O-])c3)n3ncnc3N2)cc1. The Morgan fingerprint density at radius 3 is 2.67 bits per heavy atom. The molecule has 0 radical (unpaired) electrons. The van der Waals surface area contributed by atoms with E-state index in [1.165, 1.54) is 18.0 Å². The van der Waals surface area contributed by atoms with Gasteiger partial charge < -0.3 is 5.32 Å². The van der Waals surface area contributed by atoms with Crippen molar-refractivity contribution in [2.24, 2.45) is 0 Å². The van der Waals surface area contributed by atoms with Gasteiger partial charge in [-0.05, 0) is 28.7 Å². The van der Waals surface area contributed by atoms with Crippen LogP contribution in [-0.2, 0) is 0 Å². The number of allylic oxidation sites excluding steroid dienone is 1. The number of aromatic nitrogens is 3. The van der Waals surface area contributed by atoms with Crippen molar-refractivity contribution in [3.05, 3.63) is 87.7 Å². The standard InChI is InChI=1S/C20H19N5O2/c1-13(2)14-6-8-15(9-7-14)18-11-19(24-20(23-18)21-12-22-24)16-4-3-5-17(10-16)25(26)27/h3-13,19H,1-2H3,(H,21,22,23)/t19-/m1/s1. The molecule has 0 saturated carbocycles. The van der Waals surface area contributed by atoms with E-state index in [-0.39, 0.29) is 16.7 Å². The first-order chi connectivity index (χ1) is 13.0. The summed E-state index contributed by atoms with van der Waals surface area (Å²) < 4.78 is 1.73. The van der Waals surface area contributed by atoms with E-state index in [2.05, 4.69) is 53.5 Å². The van der Waals surface area contributed by atoms with Crippen LogP contribution in [0, 0.1) is 10.1 Å². The molecule has 2 heterocycles. The van der Waals surface area contributed by atoms with E-state index in [4.69, 9.17) is 0 Å². The Labute approximate surface area is 156 Å². The molecular weight excluding hydrogens is 342 g/mol. The molecule has 1 atom stereocenters. The van der Waals surface area contributed by atoms with Crippen LogP contribution in [0.5, 0.6) is 0 Å². The Morgan fingerprint density at radius 1 is 1.19 bits per heavy atom. The second kappa shape index (κ2) is 6.68. The molecule has 0 amide bonds. The van der Waals surface area contributed by atoms with E-state index in [9.17, 15) is 10.1 Å². The number of hydrogen-bond donors (Lipinski definition) is 1. The van der Waals surface area contributed by atoms with E-state index >= 15 is 0 Å². The molecular formula is C20H19N5O2. The van der Waals surface area contributed by atoms with Gasteiger partial charge in [0, 0.05) is 17.8 Å². The molecule has 0 aliphatic carbocycles. The number of anilines is 1. The van der Waals surface area contributed by atoms with E-state index < -0.39 is 0 Å². The Balaban J connectivity index is 1.76. The average Bonchev–Trinajstić information content (AvgIpc) is 3.16. The maximum absolute atomic E-state index is 11.1. The Morgan fingerprint density at radius 2 is 1.96 bits per heavy atom. The highest BCUT2D eigenvalue weighted by Crippen LogP contribution is 2.33. The molecule has 136 valence electrons. The van der Waals surface area contributed by atoms with Crippen LogP contribution in [0.4, 0.5) is 11.6 Å². The number of nitrogens with one attached hydrogen (secondary N) is 1. The van der Waals surface area contributed by atoms with E-state index in [0.29, 0.717) is 11.9 Å². The third-order valence-electron chi connectivity index (χ3n) is 4.72. The van der Waals surface area contributed by atoms with Crippen molar-refractivity contribution in [2.45, 2.75) is 25.8 Å². The molecule has 0 saturated heterocycles. The normalized spacial score (nSPS) is 15.8. The molecule has 0 bridgehead atoms. The largest absolute Gasteiger partial charge is 0.324 e. The average molecular weight is 361 g/mol. The third-order valence-corrected chi connectivity index (χ3v) is 4.72. The first kappa shape index (κ1) is 17.0. The van der Waals surface area contributed by atoms with E-state index in [1.807, 2.05) is 12.1 Å². The molecule has 2 aromatic carbocycles. The fourth-order valence-corrected chi connectivity index (χ4v) is 3.21. The van der Waals surface area contributed by atoms with Crippen LogP contribution >= 0.6 is 0 Å². The lowest BCUT2D eigenvalue weighted by molar-refractivity contribution is -0.384. The number of benzene rings is 2. The number of nitrogens with zero attached hydrogens (tertiary/aromatic N) is 4. The van der Waals surface area contributed by atoms with Gasteiger partial charge in [-0.3, -0.25) is 10.1 Å². The number of non-ortho nitro benzene ring substituents is 1. The second-order valence-corrected chi connectivity index (χ2v) is 6.81. The quantitative estimate of drug-likeness (QED) is 0.551. The summed E-state index contributed by atoms with van der Waals surface area (Å²) in [6.07, 6.45) is 3.50. The summed E-state index contributed by atoms with van der Waals surface area (Å²) >= 11 is 0. The van der Waals surface area contributed by atoms with Gasteiger partial charge in [-0.15, -0.1) is 0 Å². The molecule has 0 spiro atoms. The van der Waals surface area contributed by atoms with Crippen molar-refractivity contribution in [3.8, 4) is 0 Å². The highest BCUT2D eigenvalue weighted by molar-refractivity contribution is 5.77. The monoisotopic (exact) mass is 361 g/mol. The van der Waals surface area contributed by atoms with Crippen LogP contribution in [0.2, 0.25) is 0 Å². The maximum Gasteiger partial charge on any atom is 0.269 e. The van der Waals surface area contributed by atoms with Crippen LogP contribution in [-0.4, -0.2) is 19.7 Å². The van der Waals surface area contributed by atoms with Crippen LogP contribution < -0.4 is 5.32 Å². The number of rotatable bonds is 4. The van der Waals surface area contributed by atoms with E-state index in [1.54, 1.807) is 16.8 Å². The van der Waals surface area contributed by atoms with Crippen molar-refractivity contribution in [3.63, 3.8) is 0 Å². The zero-order chi connectivity index (χ0) is 19.0. The van der Waals surface area contributed by atoms with Crippen LogP contribution in [0.15, 0.2) is 60.9 Å². The number of nitro benzene ring substituents is 1. The van der Waals surface area contributed by atoms with Crippen molar-refractivity contribution >= 4 is 17.3 Å². The summed E-state index contributed by atoms with van der Waals surface area (Å²) in [5.41, 5.74) is 4.05. The summed E-state index contributed by atoms with van der Waals surface area (Å²) in [7, 11) is 0. The van der Waals surface area contributed by atoms with Crippen molar-refractivity contribution < 1.29 is 4.92 Å². The third kappa shape index (κ3) is 3.19. The molecule has 3 aromatic rings. The predicted octanol–water partition coefficient (Wildman–Crippen LogP) is 4.37. The minimum atomic E-state index is -0.387. The highest BCUT2D eigenvalue weighted by atomic mass is 16.6. The number of nitro groups is 1. The molecule has 1 aliphatic heterocycles. The minimum absolute atomic E-state index is 0.0592. The fourth-order valence-electron chi connectivity index (χ4n) is 3.21. The minimum Gasteiger partial charge on any atom is -0.324 e. The summed E-state index contributed by atoms with van der Waals surface area (Å²) in [6.45, 7) is 4.32. The smallest absolute Gasteiger partial charge is 0.269 e. The fraction of sp³-hybridized carbons (Fsp3) is 0.200. The first-order valence-corrected chi connectivity index (χ1v) is 8.76. The molecule has 0 fully saturated rings. The Kier molecular flexibility index (Phi) is 4.19. The summed E-state index contributed by atoms with van der Waals surface area (Å²) in [5, 5.41) is 18.7. The zero-order valence-corrected chi connectivity index (χ0v) is 15.0. The molecule has 4 rings (SSSR count). The molecule has 7 nitrogen and oxygen atoms in total. The van der Waals surface area contributed by atoms with Crippen LogP contribution in [0.25, 0.3) is 5.70 Å². The second-order valence-electron chi connectivity index (χ2n) is 6.81. The molecule has 1 aliphatic rings. The lowest BCUT2D eigenvalue weighted by Gasteiger charge is -2.24. The highest BCUT2D eigenvalue weighted by Gasteiger charge is 2.24. The predicted molar refractivity (Wildman–Crippen MR) is 103 cm³/mol. The molecule has 1 N–H and O–H groups in total. The van der Waals surface area contributed by atoms with Crippen LogP contribution in [0.1, 0.15) is 42.5 Å². The topological polar surface area (TPSA) is 85.9 Å². The van der Waals surface area contributed by atoms with Gasteiger partial charge in [0.2, 0.25) is 5.95 Å². The lowest BCUT2D eigenvalue weighted by atomic mass is 9.98. The number of fused-ring (bicyclic) bond motifs is 1. The summed E-state index contributed by atoms with van der Waals surface area (Å²) in [4.78, 5) is 15.0. The van der Waals surface area contributed by atoms with Gasteiger partial charge >= 0.3 is 0 Å². The maximum atomic E-state index is 11.1. The molecule has 27 heavy (non-hydrogen) atoms. The van der Waals surface area contributed by atoms with Gasteiger partial charge in [-0.25, -0.2) is 4.68 Å². The summed E-state index contributed by atoms with van der Waals surface area (Å²) in [6, 6.07) is 14.7. The molecule has 7 heteroatoms. The van der Waals surface area contributed by atoms with Crippen LogP contribution in [0.3, 0.4) is 0 Å².